The Morgan fingerprint density at radius 3 is 2.44 bits per heavy atom. The van der Waals surface area contributed by atoms with Gasteiger partial charge in [-0.15, -0.1) is 0 Å². The highest BCUT2D eigenvalue weighted by atomic mass is 16.3. The van der Waals surface area contributed by atoms with Gasteiger partial charge in [0.25, 0.3) is 0 Å². The average Bonchev–Trinajstić information content (AvgIpc) is 3.64. The van der Waals surface area contributed by atoms with E-state index in [9.17, 15) is 0 Å². The molecule has 0 fully saturated rings. The van der Waals surface area contributed by atoms with Crippen LogP contribution in [0.15, 0.2) is 114 Å². The quantitative estimate of drug-likeness (QED) is 0.224. The van der Waals surface area contributed by atoms with Crippen LogP contribution in [-0.2, 0) is 5.41 Å². The molecule has 3 aliphatic rings. The van der Waals surface area contributed by atoms with Crippen molar-refractivity contribution in [1.82, 2.24) is 9.97 Å². The molecule has 0 bridgehead atoms. The Morgan fingerprint density at radius 1 is 0.780 bits per heavy atom. The van der Waals surface area contributed by atoms with Crippen molar-refractivity contribution in [3.05, 3.63) is 137 Å². The minimum Gasteiger partial charge on any atom is -0.458 e. The SMILES string of the molecule is CC1(C)c2ccccc2-c2oc3c(c21)C=CC1c2ccccc2N(c2nc(-c4ccccc4)c4ccccc4n2)C31. The lowest BCUT2D eigenvalue weighted by atomic mass is 9.78. The van der Waals surface area contributed by atoms with Gasteiger partial charge in [-0.2, -0.15) is 0 Å². The molecular weight excluding hydrogens is 502 g/mol. The standard InChI is InChI=1S/C37H27N3O/c1-37(2)28-17-9-6-15-25(28)34-31(37)27-21-20-24-23-14-8-11-19-30(23)40(33(24)35(27)41-34)36-38-29-18-10-7-16-26(29)32(39-36)22-12-4-3-5-13-22/h3-21,24,33H,1-2H3. The summed E-state index contributed by atoms with van der Waals surface area (Å²) in [6.07, 6.45) is 4.66. The highest BCUT2D eigenvalue weighted by molar-refractivity contribution is 5.94. The van der Waals surface area contributed by atoms with Gasteiger partial charge in [0.05, 0.1) is 11.2 Å². The highest BCUT2D eigenvalue weighted by Gasteiger charge is 2.49. The van der Waals surface area contributed by atoms with E-state index in [1.54, 1.807) is 0 Å². The van der Waals surface area contributed by atoms with E-state index in [0.717, 1.165) is 39.4 Å². The van der Waals surface area contributed by atoms with Crippen molar-refractivity contribution in [3.63, 3.8) is 0 Å². The molecule has 2 aliphatic carbocycles. The number of fused-ring (bicyclic) bond motifs is 10. The fraction of sp³-hybridized carbons (Fsp3) is 0.135. The summed E-state index contributed by atoms with van der Waals surface area (Å²) in [6, 6.07) is 36.0. The van der Waals surface area contributed by atoms with Crippen LogP contribution in [0.2, 0.25) is 0 Å². The second-order valence-electron chi connectivity index (χ2n) is 11.8. The van der Waals surface area contributed by atoms with Gasteiger partial charge >= 0.3 is 0 Å². The molecule has 2 atom stereocenters. The summed E-state index contributed by atoms with van der Waals surface area (Å²) in [6.45, 7) is 4.63. The molecule has 41 heavy (non-hydrogen) atoms. The van der Waals surface area contributed by atoms with Crippen molar-refractivity contribution in [1.29, 1.82) is 0 Å². The minimum absolute atomic E-state index is 0.0780. The number of aromatic nitrogens is 2. The Balaban J connectivity index is 1.30. The van der Waals surface area contributed by atoms with E-state index in [4.69, 9.17) is 14.4 Å². The summed E-state index contributed by atoms with van der Waals surface area (Å²) in [5.41, 5.74) is 10.2. The predicted octanol–water partition coefficient (Wildman–Crippen LogP) is 9.20. The maximum absolute atomic E-state index is 6.96. The highest BCUT2D eigenvalue weighted by Crippen LogP contribution is 2.60. The van der Waals surface area contributed by atoms with Gasteiger partial charge in [0.2, 0.25) is 5.95 Å². The molecule has 0 radical (unpaired) electrons. The van der Waals surface area contributed by atoms with Crippen LogP contribution >= 0.6 is 0 Å². The van der Waals surface area contributed by atoms with E-state index in [2.05, 4.69) is 122 Å². The predicted molar refractivity (Wildman–Crippen MR) is 164 cm³/mol. The number of nitrogens with zero attached hydrogens (tertiary/aromatic N) is 3. The average molecular weight is 530 g/mol. The van der Waals surface area contributed by atoms with Gasteiger partial charge < -0.3 is 4.42 Å². The fourth-order valence-electron chi connectivity index (χ4n) is 7.40. The van der Waals surface area contributed by atoms with Gasteiger partial charge in [0.15, 0.2) is 0 Å². The lowest BCUT2D eigenvalue weighted by Crippen LogP contribution is -2.26. The maximum atomic E-state index is 6.96. The molecule has 9 rings (SSSR count). The fourth-order valence-corrected chi connectivity index (χ4v) is 7.40. The third-order valence-corrected chi connectivity index (χ3v) is 9.21. The van der Waals surface area contributed by atoms with E-state index in [1.165, 1.54) is 27.8 Å². The van der Waals surface area contributed by atoms with E-state index in [1.807, 2.05) is 12.1 Å². The normalized spacial score (nSPS) is 19.0. The van der Waals surface area contributed by atoms with Crippen molar-refractivity contribution in [3.8, 4) is 22.6 Å². The second-order valence-corrected chi connectivity index (χ2v) is 11.8. The van der Waals surface area contributed by atoms with Crippen molar-refractivity contribution in [2.24, 2.45) is 0 Å². The first-order valence-corrected chi connectivity index (χ1v) is 14.3. The van der Waals surface area contributed by atoms with Gasteiger partial charge in [-0.05, 0) is 23.3 Å². The van der Waals surface area contributed by atoms with Gasteiger partial charge in [-0.25, -0.2) is 9.97 Å². The van der Waals surface area contributed by atoms with Gasteiger partial charge in [0, 0.05) is 44.7 Å². The van der Waals surface area contributed by atoms with E-state index < -0.39 is 0 Å². The molecule has 0 amide bonds. The van der Waals surface area contributed by atoms with Crippen LogP contribution in [0.25, 0.3) is 39.6 Å². The molecule has 4 nitrogen and oxygen atoms in total. The summed E-state index contributed by atoms with van der Waals surface area (Å²) >= 11 is 0. The first-order chi connectivity index (χ1) is 20.1. The molecule has 1 aliphatic heterocycles. The Bertz CT molecular complexity index is 2050. The number of anilines is 2. The van der Waals surface area contributed by atoms with Crippen molar-refractivity contribution >= 4 is 28.6 Å². The van der Waals surface area contributed by atoms with E-state index in [-0.39, 0.29) is 17.4 Å². The third kappa shape index (κ3) is 2.99. The summed E-state index contributed by atoms with van der Waals surface area (Å²) in [5.74, 6) is 2.83. The van der Waals surface area contributed by atoms with E-state index in [0.29, 0.717) is 5.95 Å². The molecule has 4 aromatic carbocycles. The van der Waals surface area contributed by atoms with Gasteiger partial charge in [-0.3, -0.25) is 4.90 Å². The lowest BCUT2D eigenvalue weighted by Gasteiger charge is -2.30. The van der Waals surface area contributed by atoms with Crippen molar-refractivity contribution < 1.29 is 4.42 Å². The number of rotatable bonds is 2. The van der Waals surface area contributed by atoms with Gasteiger partial charge in [0.1, 0.15) is 17.6 Å². The lowest BCUT2D eigenvalue weighted by molar-refractivity contribution is 0.459. The molecule has 0 saturated heterocycles. The third-order valence-electron chi connectivity index (χ3n) is 9.21. The molecule has 6 aromatic rings. The molecule has 0 saturated carbocycles. The smallest absolute Gasteiger partial charge is 0.231 e. The first-order valence-electron chi connectivity index (χ1n) is 14.3. The summed E-state index contributed by atoms with van der Waals surface area (Å²) in [7, 11) is 0. The van der Waals surface area contributed by atoms with Gasteiger partial charge in [-0.1, -0.05) is 117 Å². The molecule has 3 heterocycles. The molecule has 2 aromatic heterocycles. The Kier molecular flexibility index (Phi) is 4.48. The summed E-state index contributed by atoms with van der Waals surface area (Å²) in [4.78, 5) is 12.8. The molecule has 4 heteroatoms. The van der Waals surface area contributed by atoms with E-state index >= 15 is 0 Å². The van der Waals surface area contributed by atoms with Crippen LogP contribution in [0.4, 0.5) is 11.6 Å². The first kappa shape index (κ1) is 22.8. The van der Waals surface area contributed by atoms with Crippen LogP contribution in [-0.4, -0.2) is 9.97 Å². The second kappa shape index (κ2) is 8.05. The molecule has 0 N–H and O–H groups in total. The molecule has 2 unspecified atom stereocenters. The summed E-state index contributed by atoms with van der Waals surface area (Å²) < 4.78 is 6.96. The number of para-hydroxylation sites is 2. The molecule has 0 spiro atoms. The summed E-state index contributed by atoms with van der Waals surface area (Å²) in [5, 5.41) is 1.05. The zero-order chi connectivity index (χ0) is 27.3. The molecule has 196 valence electrons. The van der Waals surface area contributed by atoms with Crippen LogP contribution in [0, 0.1) is 0 Å². The maximum Gasteiger partial charge on any atom is 0.231 e. The van der Waals surface area contributed by atoms with Crippen LogP contribution in [0.5, 0.6) is 0 Å². The van der Waals surface area contributed by atoms with Crippen molar-refractivity contribution in [2.45, 2.75) is 31.2 Å². The Hall–Kier alpha value is -4.96. The zero-order valence-corrected chi connectivity index (χ0v) is 22.9. The molecular formula is C37H27N3O. The monoisotopic (exact) mass is 529 g/mol. The van der Waals surface area contributed by atoms with Crippen LogP contribution < -0.4 is 4.90 Å². The zero-order valence-electron chi connectivity index (χ0n) is 22.9. The number of benzene rings is 4. The topological polar surface area (TPSA) is 42.2 Å². The Morgan fingerprint density at radius 2 is 1.54 bits per heavy atom. The largest absolute Gasteiger partial charge is 0.458 e. The van der Waals surface area contributed by atoms with Crippen LogP contribution in [0.3, 0.4) is 0 Å². The Labute approximate surface area is 238 Å². The van der Waals surface area contributed by atoms with Crippen LogP contribution in [0.1, 0.15) is 53.8 Å². The number of furan rings is 1. The number of hydrogen-bond donors (Lipinski definition) is 0. The number of hydrogen-bond acceptors (Lipinski definition) is 4. The van der Waals surface area contributed by atoms with Crippen molar-refractivity contribution in [2.75, 3.05) is 4.90 Å². The minimum atomic E-state index is -0.142.